The van der Waals surface area contributed by atoms with Crippen molar-refractivity contribution in [1.82, 2.24) is 4.98 Å². The van der Waals surface area contributed by atoms with Gasteiger partial charge in [0, 0.05) is 24.9 Å². The molecule has 2 N–H and O–H groups in total. The number of rotatable bonds is 3. The normalized spacial score (nSPS) is 17.4. The van der Waals surface area contributed by atoms with E-state index in [-0.39, 0.29) is 0 Å². The molecule has 0 atom stereocenters. The van der Waals surface area contributed by atoms with Crippen molar-refractivity contribution in [3.8, 4) is 0 Å². The first-order valence-electron chi connectivity index (χ1n) is 4.87. The molecule has 1 aliphatic rings. The van der Waals surface area contributed by atoms with Gasteiger partial charge in [0.05, 0.1) is 18.9 Å². The van der Waals surface area contributed by atoms with Crippen molar-refractivity contribution in [2.75, 3.05) is 37.7 Å². The van der Waals surface area contributed by atoms with Crippen molar-refractivity contribution in [2.24, 2.45) is 5.73 Å². The first-order chi connectivity index (χ1) is 6.90. The van der Waals surface area contributed by atoms with Crippen LogP contribution in [0.2, 0.25) is 0 Å². The number of aromatic nitrogens is 1. The van der Waals surface area contributed by atoms with Crippen LogP contribution >= 0.6 is 11.3 Å². The van der Waals surface area contributed by atoms with Gasteiger partial charge in [0.25, 0.3) is 0 Å². The van der Waals surface area contributed by atoms with Crippen LogP contribution in [0.25, 0.3) is 0 Å². The fraction of sp³-hybridized carbons (Fsp3) is 0.667. The van der Waals surface area contributed by atoms with Crippen molar-refractivity contribution < 1.29 is 4.74 Å². The Morgan fingerprint density at radius 1 is 1.50 bits per heavy atom. The molecule has 1 aromatic heterocycles. The predicted molar refractivity (Wildman–Crippen MR) is 57.9 cm³/mol. The molecule has 1 aromatic rings. The van der Waals surface area contributed by atoms with Crippen LogP contribution in [0.1, 0.15) is 5.69 Å². The second-order valence-electron chi connectivity index (χ2n) is 3.26. The molecule has 2 heterocycles. The Kier molecular flexibility index (Phi) is 3.34. The summed E-state index contributed by atoms with van der Waals surface area (Å²) >= 11 is 1.70. The zero-order chi connectivity index (χ0) is 9.80. The number of morpholine rings is 1. The van der Waals surface area contributed by atoms with Gasteiger partial charge in [0.15, 0.2) is 5.13 Å². The van der Waals surface area contributed by atoms with Crippen LogP contribution in [0.3, 0.4) is 0 Å². The minimum Gasteiger partial charge on any atom is -0.378 e. The molecule has 0 bridgehead atoms. The van der Waals surface area contributed by atoms with E-state index in [4.69, 9.17) is 10.5 Å². The molecule has 5 heteroatoms. The average Bonchev–Trinajstić information content (AvgIpc) is 2.68. The van der Waals surface area contributed by atoms with Gasteiger partial charge in [0.2, 0.25) is 0 Å². The second-order valence-corrected chi connectivity index (χ2v) is 4.10. The maximum atomic E-state index is 5.48. The summed E-state index contributed by atoms with van der Waals surface area (Å²) in [5.74, 6) is 0. The molecule has 1 aliphatic heterocycles. The van der Waals surface area contributed by atoms with Crippen molar-refractivity contribution in [3.63, 3.8) is 0 Å². The molecule has 0 saturated carbocycles. The van der Waals surface area contributed by atoms with Crippen LogP contribution in [0.5, 0.6) is 0 Å². The summed E-state index contributed by atoms with van der Waals surface area (Å²) in [6, 6.07) is 0. The zero-order valence-electron chi connectivity index (χ0n) is 8.11. The lowest BCUT2D eigenvalue weighted by Crippen LogP contribution is -2.36. The first-order valence-corrected chi connectivity index (χ1v) is 5.75. The Balaban J connectivity index is 2.00. The van der Waals surface area contributed by atoms with E-state index >= 15 is 0 Å². The largest absolute Gasteiger partial charge is 0.378 e. The summed E-state index contributed by atoms with van der Waals surface area (Å²) in [6.45, 7) is 4.20. The van der Waals surface area contributed by atoms with Crippen LogP contribution in [-0.2, 0) is 11.2 Å². The van der Waals surface area contributed by atoms with E-state index in [2.05, 4.69) is 15.3 Å². The quantitative estimate of drug-likeness (QED) is 0.793. The molecule has 0 unspecified atom stereocenters. The molecule has 0 radical (unpaired) electrons. The lowest BCUT2D eigenvalue weighted by molar-refractivity contribution is 0.122. The lowest BCUT2D eigenvalue weighted by atomic mass is 10.3. The fourth-order valence-corrected chi connectivity index (χ4v) is 2.37. The highest BCUT2D eigenvalue weighted by Crippen LogP contribution is 2.21. The van der Waals surface area contributed by atoms with Gasteiger partial charge in [-0.3, -0.25) is 0 Å². The number of hydrogen-bond donors (Lipinski definition) is 1. The minimum atomic E-state index is 0.673. The highest BCUT2D eigenvalue weighted by atomic mass is 32.1. The van der Waals surface area contributed by atoms with Crippen LogP contribution in [0, 0.1) is 0 Å². The standard InChI is InChI=1S/C9H15N3OS/c10-2-1-8-7-14-9(11-8)12-3-5-13-6-4-12/h7H,1-6,10H2. The van der Waals surface area contributed by atoms with E-state index in [0.717, 1.165) is 43.5 Å². The summed E-state index contributed by atoms with van der Waals surface area (Å²) in [7, 11) is 0. The molecule has 0 amide bonds. The van der Waals surface area contributed by atoms with Crippen LogP contribution < -0.4 is 10.6 Å². The Morgan fingerprint density at radius 3 is 3.00 bits per heavy atom. The average molecular weight is 213 g/mol. The highest BCUT2D eigenvalue weighted by molar-refractivity contribution is 7.13. The summed E-state index contributed by atoms with van der Waals surface area (Å²) in [5.41, 5.74) is 6.59. The van der Waals surface area contributed by atoms with E-state index in [0.29, 0.717) is 6.54 Å². The summed E-state index contributed by atoms with van der Waals surface area (Å²) < 4.78 is 5.29. The Hall–Kier alpha value is -0.650. The first kappa shape index (κ1) is 9.89. The van der Waals surface area contributed by atoms with E-state index in [1.807, 2.05) is 0 Å². The summed E-state index contributed by atoms with van der Waals surface area (Å²) in [5, 5.41) is 3.20. The number of anilines is 1. The molecular weight excluding hydrogens is 198 g/mol. The third-order valence-corrected chi connectivity index (χ3v) is 3.17. The van der Waals surface area contributed by atoms with Gasteiger partial charge < -0.3 is 15.4 Å². The Bertz CT molecular complexity index is 283. The van der Waals surface area contributed by atoms with E-state index in [9.17, 15) is 0 Å². The van der Waals surface area contributed by atoms with Gasteiger partial charge in [-0.2, -0.15) is 0 Å². The van der Waals surface area contributed by atoms with E-state index in [1.165, 1.54) is 0 Å². The maximum absolute atomic E-state index is 5.48. The molecule has 1 saturated heterocycles. The summed E-state index contributed by atoms with van der Waals surface area (Å²) in [4.78, 5) is 6.80. The number of ether oxygens (including phenoxy) is 1. The number of nitrogens with two attached hydrogens (primary N) is 1. The SMILES string of the molecule is NCCc1csc(N2CCOCC2)n1. The third kappa shape index (κ3) is 2.23. The van der Waals surface area contributed by atoms with Crippen LogP contribution in [0.4, 0.5) is 5.13 Å². The molecule has 78 valence electrons. The molecule has 2 rings (SSSR count). The fourth-order valence-electron chi connectivity index (χ4n) is 1.46. The van der Waals surface area contributed by atoms with Gasteiger partial charge in [0.1, 0.15) is 0 Å². The van der Waals surface area contributed by atoms with Gasteiger partial charge in [-0.25, -0.2) is 4.98 Å². The van der Waals surface area contributed by atoms with Gasteiger partial charge in [-0.1, -0.05) is 0 Å². The zero-order valence-corrected chi connectivity index (χ0v) is 8.92. The minimum absolute atomic E-state index is 0.673. The van der Waals surface area contributed by atoms with Crippen molar-refractivity contribution >= 4 is 16.5 Å². The van der Waals surface area contributed by atoms with Crippen LogP contribution in [-0.4, -0.2) is 37.8 Å². The molecule has 0 aliphatic carbocycles. The molecule has 1 fully saturated rings. The molecule has 0 spiro atoms. The smallest absolute Gasteiger partial charge is 0.185 e. The molecule has 14 heavy (non-hydrogen) atoms. The Labute approximate surface area is 87.7 Å². The van der Waals surface area contributed by atoms with E-state index in [1.54, 1.807) is 11.3 Å². The van der Waals surface area contributed by atoms with Gasteiger partial charge in [-0.15, -0.1) is 11.3 Å². The third-order valence-electron chi connectivity index (χ3n) is 2.22. The van der Waals surface area contributed by atoms with Gasteiger partial charge >= 0.3 is 0 Å². The number of hydrogen-bond acceptors (Lipinski definition) is 5. The van der Waals surface area contributed by atoms with Gasteiger partial charge in [-0.05, 0) is 6.54 Å². The highest BCUT2D eigenvalue weighted by Gasteiger charge is 2.14. The summed E-state index contributed by atoms with van der Waals surface area (Å²) in [6.07, 6.45) is 0.876. The van der Waals surface area contributed by atoms with Crippen molar-refractivity contribution in [3.05, 3.63) is 11.1 Å². The number of thiazole rings is 1. The van der Waals surface area contributed by atoms with E-state index < -0.39 is 0 Å². The topological polar surface area (TPSA) is 51.4 Å². The van der Waals surface area contributed by atoms with Crippen molar-refractivity contribution in [1.29, 1.82) is 0 Å². The van der Waals surface area contributed by atoms with Crippen molar-refractivity contribution in [2.45, 2.75) is 6.42 Å². The Morgan fingerprint density at radius 2 is 2.29 bits per heavy atom. The second kappa shape index (κ2) is 4.72. The molecular formula is C9H15N3OS. The molecule has 4 nitrogen and oxygen atoms in total. The monoisotopic (exact) mass is 213 g/mol. The number of nitrogens with zero attached hydrogens (tertiary/aromatic N) is 2. The van der Waals surface area contributed by atoms with Crippen LogP contribution in [0.15, 0.2) is 5.38 Å². The molecule has 0 aromatic carbocycles. The lowest BCUT2D eigenvalue weighted by Gasteiger charge is -2.26. The maximum Gasteiger partial charge on any atom is 0.185 e. The predicted octanol–water partition coefficient (Wildman–Crippen LogP) is 0.481.